The van der Waals surface area contributed by atoms with Crippen LogP contribution >= 0.6 is 15.9 Å². The molecule has 0 saturated carbocycles. The number of hydrogen-bond acceptors (Lipinski definition) is 2. The van der Waals surface area contributed by atoms with Gasteiger partial charge in [0.25, 0.3) is 0 Å². The third-order valence-corrected chi connectivity index (χ3v) is 3.08. The predicted molar refractivity (Wildman–Crippen MR) is 73.7 cm³/mol. The van der Waals surface area contributed by atoms with Crippen LogP contribution in [0, 0.1) is 6.92 Å². The number of hydrogen-bond donors (Lipinski definition) is 1. The molecule has 1 unspecified atom stereocenters. The maximum atomic E-state index is 3.54. The van der Waals surface area contributed by atoms with Crippen molar-refractivity contribution in [3.05, 3.63) is 33.8 Å². The van der Waals surface area contributed by atoms with Gasteiger partial charge in [-0.25, -0.2) is 0 Å². The number of aryl methyl sites for hydroxylation is 1. The van der Waals surface area contributed by atoms with Crippen molar-refractivity contribution in [2.45, 2.75) is 26.4 Å². The first-order chi connectivity index (χ1) is 7.49. The van der Waals surface area contributed by atoms with Gasteiger partial charge in [0.1, 0.15) is 0 Å². The maximum absolute atomic E-state index is 3.54. The van der Waals surface area contributed by atoms with Gasteiger partial charge in [-0.05, 0) is 51.2 Å². The minimum absolute atomic E-state index is 0.508. The lowest BCUT2D eigenvalue weighted by molar-refractivity contribution is 0.349. The molecule has 1 rings (SSSR count). The van der Waals surface area contributed by atoms with Gasteiger partial charge in [0.2, 0.25) is 0 Å². The second kappa shape index (κ2) is 6.38. The van der Waals surface area contributed by atoms with E-state index in [1.807, 2.05) is 0 Å². The Morgan fingerprint density at radius 2 is 2.06 bits per heavy atom. The van der Waals surface area contributed by atoms with Crippen molar-refractivity contribution in [2.24, 2.45) is 0 Å². The Bertz CT molecular complexity index is 337. The zero-order valence-electron chi connectivity index (χ0n) is 10.5. The molecule has 16 heavy (non-hydrogen) atoms. The van der Waals surface area contributed by atoms with E-state index in [0.29, 0.717) is 6.04 Å². The fourth-order valence-corrected chi connectivity index (χ4v) is 2.14. The highest BCUT2D eigenvalue weighted by atomic mass is 79.9. The zero-order chi connectivity index (χ0) is 12.1. The van der Waals surface area contributed by atoms with Crippen LogP contribution in [-0.4, -0.2) is 31.6 Å². The summed E-state index contributed by atoms with van der Waals surface area (Å²) < 4.78 is 1.15. The molecular formula is C13H21BrN2. The molecule has 0 bridgehead atoms. The minimum atomic E-state index is 0.508. The van der Waals surface area contributed by atoms with Crippen molar-refractivity contribution in [1.82, 2.24) is 10.2 Å². The van der Waals surface area contributed by atoms with Crippen molar-refractivity contribution in [2.75, 3.05) is 20.6 Å². The first-order valence-electron chi connectivity index (χ1n) is 5.62. The van der Waals surface area contributed by atoms with Crippen molar-refractivity contribution in [3.8, 4) is 0 Å². The maximum Gasteiger partial charge on any atom is 0.0211 e. The second-order valence-electron chi connectivity index (χ2n) is 4.61. The van der Waals surface area contributed by atoms with Crippen LogP contribution in [0.25, 0.3) is 0 Å². The Morgan fingerprint density at radius 1 is 1.38 bits per heavy atom. The van der Waals surface area contributed by atoms with Gasteiger partial charge in [-0.1, -0.05) is 22.0 Å². The Labute approximate surface area is 107 Å². The van der Waals surface area contributed by atoms with Crippen molar-refractivity contribution >= 4 is 15.9 Å². The Kier molecular flexibility index (Phi) is 5.46. The van der Waals surface area contributed by atoms with Gasteiger partial charge >= 0.3 is 0 Å². The normalized spacial score (nSPS) is 13.1. The lowest BCUT2D eigenvalue weighted by atomic mass is 10.1. The zero-order valence-corrected chi connectivity index (χ0v) is 12.1. The van der Waals surface area contributed by atoms with E-state index in [1.54, 1.807) is 0 Å². The van der Waals surface area contributed by atoms with Crippen LogP contribution in [0.4, 0.5) is 0 Å². The molecule has 0 radical (unpaired) electrons. The van der Waals surface area contributed by atoms with Gasteiger partial charge in [-0.15, -0.1) is 0 Å². The molecule has 0 aliphatic carbocycles. The van der Waals surface area contributed by atoms with Gasteiger partial charge in [0, 0.05) is 23.6 Å². The summed E-state index contributed by atoms with van der Waals surface area (Å²) in [7, 11) is 4.20. The van der Waals surface area contributed by atoms with Gasteiger partial charge in [0.15, 0.2) is 0 Å². The number of halogens is 1. The smallest absolute Gasteiger partial charge is 0.0211 e. The minimum Gasteiger partial charge on any atom is -0.309 e. The highest BCUT2D eigenvalue weighted by molar-refractivity contribution is 9.10. The van der Waals surface area contributed by atoms with Crippen LogP contribution < -0.4 is 5.32 Å². The Hall–Kier alpha value is -0.380. The third-order valence-electron chi connectivity index (χ3n) is 2.59. The molecule has 1 N–H and O–H groups in total. The summed E-state index contributed by atoms with van der Waals surface area (Å²) in [6.45, 7) is 6.36. The van der Waals surface area contributed by atoms with Gasteiger partial charge in [-0.3, -0.25) is 0 Å². The molecule has 3 heteroatoms. The summed E-state index contributed by atoms with van der Waals surface area (Å²) in [5.41, 5.74) is 2.70. The van der Waals surface area contributed by atoms with Gasteiger partial charge < -0.3 is 10.2 Å². The first-order valence-corrected chi connectivity index (χ1v) is 6.41. The number of rotatable bonds is 5. The molecular weight excluding hydrogens is 264 g/mol. The summed E-state index contributed by atoms with van der Waals surface area (Å²) in [6.07, 6.45) is 0. The summed E-state index contributed by atoms with van der Waals surface area (Å²) in [5, 5.41) is 3.54. The highest BCUT2D eigenvalue weighted by Crippen LogP contribution is 2.15. The third kappa shape index (κ3) is 4.64. The van der Waals surface area contributed by atoms with Crippen molar-refractivity contribution < 1.29 is 0 Å². The number of nitrogens with zero attached hydrogens (tertiary/aromatic N) is 1. The van der Waals surface area contributed by atoms with Crippen LogP contribution in [0.3, 0.4) is 0 Å². The van der Waals surface area contributed by atoms with Gasteiger partial charge in [0.05, 0.1) is 0 Å². The first kappa shape index (κ1) is 13.7. The molecule has 90 valence electrons. The van der Waals surface area contributed by atoms with Crippen LogP contribution in [0.1, 0.15) is 18.1 Å². The molecule has 1 aromatic rings. The number of likely N-dealkylation sites (N-methyl/N-ethyl adjacent to an activating group) is 1. The molecule has 0 saturated heterocycles. The van der Waals surface area contributed by atoms with E-state index in [0.717, 1.165) is 17.6 Å². The van der Waals surface area contributed by atoms with E-state index in [-0.39, 0.29) is 0 Å². The van der Waals surface area contributed by atoms with Crippen molar-refractivity contribution in [1.29, 1.82) is 0 Å². The fourth-order valence-electron chi connectivity index (χ4n) is 1.73. The molecule has 1 atom stereocenters. The standard InChI is InChI=1S/C13H21BrN2/c1-10-5-6-13(14)7-12(10)8-15-11(2)9-16(3)4/h5-7,11,15H,8-9H2,1-4H3. The topological polar surface area (TPSA) is 15.3 Å². The molecule has 0 amide bonds. The monoisotopic (exact) mass is 284 g/mol. The van der Waals surface area contributed by atoms with E-state index < -0.39 is 0 Å². The highest BCUT2D eigenvalue weighted by Gasteiger charge is 2.04. The average molecular weight is 285 g/mol. The van der Waals surface area contributed by atoms with Gasteiger partial charge in [-0.2, -0.15) is 0 Å². The number of benzene rings is 1. The largest absolute Gasteiger partial charge is 0.309 e. The van der Waals surface area contributed by atoms with E-state index in [9.17, 15) is 0 Å². The predicted octanol–water partition coefficient (Wildman–Crippen LogP) is 2.80. The summed E-state index contributed by atoms with van der Waals surface area (Å²) >= 11 is 3.51. The molecule has 0 spiro atoms. The summed E-state index contributed by atoms with van der Waals surface area (Å²) in [6, 6.07) is 6.93. The quantitative estimate of drug-likeness (QED) is 0.895. The van der Waals surface area contributed by atoms with Crippen LogP contribution in [0.2, 0.25) is 0 Å². The molecule has 0 heterocycles. The SMILES string of the molecule is Cc1ccc(Br)cc1CNC(C)CN(C)C. The Morgan fingerprint density at radius 3 is 2.69 bits per heavy atom. The molecule has 0 aromatic heterocycles. The molecule has 2 nitrogen and oxygen atoms in total. The summed E-state index contributed by atoms with van der Waals surface area (Å²) in [4.78, 5) is 2.20. The van der Waals surface area contributed by atoms with E-state index >= 15 is 0 Å². The second-order valence-corrected chi connectivity index (χ2v) is 5.53. The van der Waals surface area contributed by atoms with Crippen LogP contribution in [0.15, 0.2) is 22.7 Å². The molecule has 0 aliphatic rings. The van der Waals surface area contributed by atoms with E-state index in [1.165, 1.54) is 11.1 Å². The molecule has 1 aromatic carbocycles. The molecule has 0 aliphatic heterocycles. The lowest BCUT2D eigenvalue weighted by Gasteiger charge is -2.19. The van der Waals surface area contributed by atoms with E-state index in [4.69, 9.17) is 0 Å². The average Bonchev–Trinajstić information content (AvgIpc) is 2.18. The molecule has 0 fully saturated rings. The number of nitrogens with one attached hydrogen (secondary N) is 1. The summed E-state index contributed by atoms with van der Waals surface area (Å²) in [5.74, 6) is 0. The van der Waals surface area contributed by atoms with E-state index in [2.05, 4.69) is 72.3 Å². The lowest BCUT2D eigenvalue weighted by Crippen LogP contribution is -2.35. The fraction of sp³-hybridized carbons (Fsp3) is 0.538. The van der Waals surface area contributed by atoms with Crippen LogP contribution in [0.5, 0.6) is 0 Å². The van der Waals surface area contributed by atoms with Crippen molar-refractivity contribution in [3.63, 3.8) is 0 Å². The Balaban J connectivity index is 2.51. The van der Waals surface area contributed by atoms with Crippen LogP contribution in [-0.2, 0) is 6.54 Å².